The number of ether oxygens (including phenoxy) is 6. The quantitative estimate of drug-likeness (QED) is 0.0231. The monoisotopic (exact) mass is 1250 g/mol. The van der Waals surface area contributed by atoms with Crippen LogP contribution in [0.2, 0.25) is 77.1 Å². The molecule has 3 aliphatic heterocycles. The molecule has 3 N–H and O–H groups in total. The summed E-state index contributed by atoms with van der Waals surface area (Å²) in [6.45, 7) is 38.8. The van der Waals surface area contributed by atoms with Gasteiger partial charge in [0.05, 0.1) is 19.8 Å². The van der Waals surface area contributed by atoms with Gasteiger partial charge in [0.2, 0.25) is 0 Å². The van der Waals surface area contributed by atoms with Gasteiger partial charge in [-0.05, 0) is 119 Å². The second-order valence-electron chi connectivity index (χ2n) is 26.5. The number of esters is 3. The molecular formula is C71H93O12PSi3. The summed E-state index contributed by atoms with van der Waals surface area (Å²) in [4.78, 5) is 36.0. The van der Waals surface area contributed by atoms with Gasteiger partial charge in [-0.15, -0.1) is 6.58 Å². The molecule has 9 rings (SSSR count). The molecule has 0 radical (unpaired) electrons. The molecule has 6 aromatic carbocycles. The van der Waals surface area contributed by atoms with Crippen LogP contribution in [0.3, 0.4) is 0 Å². The van der Waals surface area contributed by atoms with E-state index in [1.54, 1.807) is 19.9 Å². The number of fused-ring (bicyclic) bond motifs is 3. The summed E-state index contributed by atoms with van der Waals surface area (Å²) >= 11 is 0. The first-order valence-corrected chi connectivity index (χ1v) is 42.9. The van der Waals surface area contributed by atoms with Crippen molar-refractivity contribution in [2.24, 2.45) is 0 Å². The van der Waals surface area contributed by atoms with Crippen molar-refractivity contribution in [3.8, 4) is 34.5 Å². The Kier molecular flexibility index (Phi) is 23.6. The Hall–Kier alpha value is -7.04. The lowest BCUT2D eigenvalue weighted by Gasteiger charge is -2.30. The highest BCUT2D eigenvalue weighted by Gasteiger charge is 2.35. The van der Waals surface area contributed by atoms with E-state index in [2.05, 4.69) is 170 Å². The fourth-order valence-electron chi connectivity index (χ4n) is 10.4. The number of aromatic hydroxyl groups is 3. The van der Waals surface area contributed by atoms with Crippen molar-refractivity contribution in [3.05, 3.63) is 183 Å². The first-order valence-electron chi connectivity index (χ1n) is 30.0. The molecule has 0 aliphatic carbocycles. The van der Waals surface area contributed by atoms with Crippen LogP contribution in [0.5, 0.6) is 34.5 Å². The summed E-state index contributed by atoms with van der Waals surface area (Å²) in [5.74, 6) is 0.888. The van der Waals surface area contributed by atoms with Crippen molar-refractivity contribution < 1.29 is 58.1 Å². The van der Waals surface area contributed by atoms with E-state index in [1.807, 2.05) is 26.8 Å². The lowest BCUT2D eigenvalue weighted by atomic mass is 9.95. The Morgan fingerprint density at radius 3 is 1.21 bits per heavy atom. The number of benzene rings is 6. The van der Waals surface area contributed by atoms with Gasteiger partial charge in [-0.25, -0.2) is 14.4 Å². The highest BCUT2D eigenvalue weighted by molar-refractivity contribution is 7.95. The van der Waals surface area contributed by atoms with Crippen molar-refractivity contribution >= 4 is 70.2 Å². The number of phenols is 3. The van der Waals surface area contributed by atoms with Crippen molar-refractivity contribution in [1.29, 1.82) is 0 Å². The number of carbonyl (C=O) groups is 3. The summed E-state index contributed by atoms with van der Waals surface area (Å²) in [6, 6.07) is 37.4. The second-order valence-corrected chi connectivity index (χ2v) is 47.1. The number of phenolic OH excluding ortho intramolecular Hbond substituents is 3. The zero-order valence-corrected chi connectivity index (χ0v) is 58.2. The third-order valence-corrected chi connectivity index (χ3v) is 25.2. The molecule has 3 heterocycles. The van der Waals surface area contributed by atoms with E-state index < -0.39 is 31.1 Å². The Bertz CT molecular complexity index is 3430. The third-order valence-electron chi connectivity index (χ3n) is 15.6. The van der Waals surface area contributed by atoms with Crippen LogP contribution in [0, 0.1) is 20.8 Å². The van der Waals surface area contributed by atoms with E-state index in [1.165, 1.54) is 27.3 Å². The number of cyclic esters (lactones) is 3. The molecule has 466 valence electrons. The van der Waals surface area contributed by atoms with Crippen LogP contribution >= 0.6 is 6.89 Å². The SMILES string of the molecule is C=CCc1c(O)c(C)c2c(c1OCC[Si](C)(C)C)C(=O)OC2.CC(C)=CCc1c(O)c(C)c2c(c1OCC[Si](C)(C)C)C(=O)OC2.CC(C)=P(c1ccccc1)(c1ccccc1)c1ccccc1.Cc1c(O)cc(OCC[Si](C)(C)C)c2c1COC2=O. The van der Waals surface area contributed by atoms with Crippen molar-refractivity contribution in [3.63, 3.8) is 0 Å². The molecule has 16 heteroatoms. The Labute approximate surface area is 520 Å². The predicted octanol–water partition coefficient (Wildman–Crippen LogP) is 15.7. The maximum Gasteiger partial charge on any atom is 0.342 e. The smallest absolute Gasteiger partial charge is 0.342 e. The number of rotatable bonds is 19. The molecule has 0 atom stereocenters. The molecule has 0 amide bonds. The maximum atomic E-state index is 12.2. The van der Waals surface area contributed by atoms with Crippen molar-refractivity contribution in [1.82, 2.24) is 0 Å². The Balaban J connectivity index is 0.000000186. The number of hydrogen-bond donors (Lipinski definition) is 3. The van der Waals surface area contributed by atoms with Gasteiger partial charge in [-0.1, -0.05) is 173 Å². The fourth-order valence-corrected chi connectivity index (χ4v) is 16.8. The average Bonchev–Trinajstić information content (AvgIpc) is 1.37. The first kappa shape index (κ1) is 69.1. The van der Waals surface area contributed by atoms with Gasteiger partial charge in [-0.2, -0.15) is 0 Å². The Morgan fingerprint density at radius 1 is 0.517 bits per heavy atom. The van der Waals surface area contributed by atoms with E-state index in [-0.39, 0.29) is 55.0 Å². The highest BCUT2D eigenvalue weighted by Crippen LogP contribution is 2.47. The zero-order chi connectivity index (χ0) is 64.2. The molecule has 0 spiro atoms. The summed E-state index contributed by atoms with van der Waals surface area (Å²) < 4.78 is 33.0. The van der Waals surface area contributed by atoms with Gasteiger partial charge < -0.3 is 43.7 Å². The van der Waals surface area contributed by atoms with Crippen LogP contribution in [0.4, 0.5) is 0 Å². The van der Waals surface area contributed by atoms with Crippen LogP contribution in [-0.4, -0.2) is 82.6 Å². The van der Waals surface area contributed by atoms with E-state index in [0.29, 0.717) is 94.4 Å². The maximum absolute atomic E-state index is 12.2. The molecule has 0 aromatic heterocycles. The molecular weight excluding hydrogens is 1160 g/mol. The molecule has 6 aromatic rings. The van der Waals surface area contributed by atoms with E-state index in [9.17, 15) is 29.7 Å². The Morgan fingerprint density at radius 2 is 0.862 bits per heavy atom. The standard InChI is InChI=1S/C21H21P.C19H28O4Si.C17H24O4Si.C14H20O4Si/c1-18(2)22(19-12-6-3-7-13-19,20-14-8-4-9-15-20)21-16-10-5-11-17-21;1-12(2)7-8-14-17(20)13(3)15-11-23-19(21)16(15)18(14)22-9-10-24(4,5)6;1-6-7-12-15(18)11(2)13-10-21-17(19)14(13)16(12)20-8-9-22(3,4)5;1-9-10-8-18-14(16)13(10)12(7-11(9)15)17-5-6-19(2,3)4/h3-17H,1-2H3;7,20H,8-11H2,1-6H3;6,18H,1,7-10H2,2-5H3;7,15H,5-6,8H2,1-4H3. The van der Waals surface area contributed by atoms with Gasteiger partial charge in [0, 0.05) is 58.1 Å². The fraction of sp³-hybridized carbons (Fsp3) is 0.380. The molecule has 0 fully saturated rings. The summed E-state index contributed by atoms with van der Waals surface area (Å²) in [5, 5.41) is 36.7. The summed E-state index contributed by atoms with van der Waals surface area (Å²) in [7, 11) is -3.67. The molecule has 0 bridgehead atoms. The summed E-state index contributed by atoms with van der Waals surface area (Å²) in [6.07, 6.45) is 4.73. The minimum atomic E-state index is -1.71. The molecule has 12 nitrogen and oxygen atoms in total. The van der Waals surface area contributed by atoms with Crippen LogP contribution < -0.4 is 30.1 Å². The topological polar surface area (TPSA) is 167 Å². The van der Waals surface area contributed by atoms with E-state index in [4.69, 9.17) is 28.4 Å². The van der Waals surface area contributed by atoms with E-state index >= 15 is 0 Å². The predicted molar refractivity (Wildman–Crippen MR) is 365 cm³/mol. The normalized spacial score (nSPS) is 13.1. The van der Waals surface area contributed by atoms with Gasteiger partial charge in [-0.3, -0.25) is 0 Å². The molecule has 0 saturated carbocycles. The lowest BCUT2D eigenvalue weighted by Crippen LogP contribution is -2.28. The third kappa shape index (κ3) is 17.2. The number of hydrogen-bond acceptors (Lipinski definition) is 12. The molecule has 0 saturated heterocycles. The van der Waals surface area contributed by atoms with Crippen LogP contribution in [0.15, 0.2) is 121 Å². The highest BCUT2D eigenvalue weighted by atomic mass is 31.2. The van der Waals surface area contributed by atoms with Crippen molar-refractivity contribution in [2.45, 2.75) is 158 Å². The average molecular weight is 1250 g/mol. The minimum Gasteiger partial charge on any atom is -0.508 e. The van der Waals surface area contributed by atoms with Gasteiger partial charge >= 0.3 is 17.9 Å². The number of allylic oxidation sites excluding steroid dienone is 3. The van der Waals surface area contributed by atoms with E-state index in [0.717, 1.165) is 40.4 Å². The number of carbonyl (C=O) groups excluding carboxylic acids is 3. The summed E-state index contributed by atoms with van der Waals surface area (Å²) in [5.41, 5.74) is 8.24. The van der Waals surface area contributed by atoms with Gasteiger partial charge in [0.1, 0.15) is 71.0 Å². The van der Waals surface area contributed by atoms with Crippen LogP contribution in [0.1, 0.15) is 103 Å². The molecule has 87 heavy (non-hydrogen) atoms. The molecule has 3 aliphatic rings. The lowest BCUT2D eigenvalue weighted by molar-refractivity contribution is 0.0522. The largest absolute Gasteiger partial charge is 0.508 e. The van der Waals surface area contributed by atoms with Gasteiger partial charge in [0.15, 0.2) is 0 Å². The minimum absolute atomic E-state index is 0.153. The first-order chi connectivity index (χ1) is 40.9. The van der Waals surface area contributed by atoms with Gasteiger partial charge in [0.25, 0.3) is 0 Å². The second kappa shape index (κ2) is 29.8. The van der Waals surface area contributed by atoms with Crippen LogP contribution in [0.25, 0.3) is 0 Å². The van der Waals surface area contributed by atoms with Crippen molar-refractivity contribution in [2.75, 3.05) is 19.8 Å². The molecule has 0 unspecified atom stereocenters. The van der Waals surface area contributed by atoms with Crippen LogP contribution in [-0.2, 0) is 46.9 Å². The zero-order valence-electron chi connectivity index (χ0n) is 54.3.